The average Bonchev–Trinajstić information content (AvgIpc) is 3.18. The number of carboxylic acids is 2. The van der Waals surface area contributed by atoms with E-state index >= 15 is 0 Å². The lowest BCUT2D eigenvalue weighted by Crippen LogP contribution is -2.57. The van der Waals surface area contributed by atoms with Gasteiger partial charge < -0.3 is 36.9 Å². The number of carbonyl (C=O) groups excluding carboxylic acids is 3. The zero-order valence-electron chi connectivity index (χ0n) is 17.3. The molecule has 8 N–H and O–H groups in total. The number of hydrogen-bond acceptors (Lipinski definition) is 7. The summed E-state index contributed by atoms with van der Waals surface area (Å²) in [5.74, 6) is -5.10. The Balaban J connectivity index is 2.94. The molecule has 13 heteroatoms. The number of aromatic amines is 1. The van der Waals surface area contributed by atoms with Crippen LogP contribution in [0.2, 0.25) is 0 Å². The second-order valence-corrected chi connectivity index (χ2v) is 7.29. The van der Waals surface area contributed by atoms with Crippen molar-refractivity contribution in [1.29, 1.82) is 0 Å². The van der Waals surface area contributed by atoms with Crippen molar-refractivity contribution in [3.8, 4) is 0 Å². The Kier molecular flexibility index (Phi) is 10.1. The Labute approximate surface area is 178 Å². The molecule has 0 aromatic carbocycles. The molecule has 1 rings (SSSR count). The molecule has 0 bridgehead atoms. The summed E-state index contributed by atoms with van der Waals surface area (Å²) < 4.78 is 0. The van der Waals surface area contributed by atoms with Crippen molar-refractivity contribution in [3.63, 3.8) is 0 Å². The van der Waals surface area contributed by atoms with Crippen molar-refractivity contribution in [2.75, 3.05) is 6.54 Å². The van der Waals surface area contributed by atoms with Gasteiger partial charge in [0, 0.05) is 18.3 Å². The molecular formula is C18H28N6O7. The van der Waals surface area contributed by atoms with E-state index in [9.17, 15) is 29.1 Å². The maximum Gasteiger partial charge on any atom is 0.326 e. The van der Waals surface area contributed by atoms with Crippen LogP contribution in [0.3, 0.4) is 0 Å². The zero-order chi connectivity index (χ0) is 23.6. The third-order valence-corrected chi connectivity index (χ3v) is 4.15. The summed E-state index contributed by atoms with van der Waals surface area (Å²) in [7, 11) is 0. The molecule has 0 saturated carbocycles. The van der Waals surface area contributed by atoms with E-state index in [-0.39, 0.29) is 25.3 Å². The van der Waals surface area contributed by atoms with Crippen LogP contribution in [-0.4, -0.2) is 74.5 Å². The van der Waals surface area contributed by atoms with Gasteiger partial charge in [-0.1, -0.05) is 13.8 Å². The number of nitrogens with one attached hydrogen (secondary N) is 4. The van der Waals surface area contributed by atoms with E-state index in [1.165, 1.54) is 12.5 Å². The zero-order valence-corrected chi connectivity index (χ0v) is 17.3. The number of aliphatic carboxylic acids is 2. The lowest BCUT2D eigenvalue weighted by molar-refractivity contribution is -0.143. The van der Waals surface area contributed by atoms with Gasteiger partial charge in [0.2, 0.25) is 17.7 Å². The molecule has 0 radical (unpaired) electrons. The Bertz CT molecular complexity index is 780. The first kappa shape index (κ1) is 25.6. The molecule has 0 spiro atoms. The summed E-state index contributed by atoms with van der Waals surface area (Å²) in [6, 6.07) is -3.98. The molecule has 0 aliphatic carbocycles. The number of imidazole rings is 1. The summed E-state index contributed by atoms with van der Waals surface area (Å²) in [6.07, 6.45) is 2.03. The molecule has 0 aliphatic rings. The minimum Gasteiger partial charge on any atom is -0.481 e. The van der Waals surface area contributed by atoms with E-state index in [2.05, 4.69) is 25.9 Å². The molecule has 3 unspecified atom stereocenters. The molecule has 0 fully saturated rings. The maximum absolute atomic E-state index is 12.6. The lowest BCUT2D eigenvalue weighted by Gasteiger charge is -2.24. The molecule has 3 atom stereocenters. The maximum atomic E-state index is 12.6. The van der Waals surface area contributed by atoms with Crippen LogP contribution >= 0.6 is 0 Å². The lowest BCUT2D eigenvalue weighted by atomic mass is 10.0. The number of hydrogen-bond donors (Lipinski definition) is 7. The number of nitrogens with two attached hydrogens (primary N) is 1. The third kappa shape index (κ3) is 9.25. The minimum absolute atomic E-state index is 0.00799. The van der Waals surface area contributed by atoms with Crippen LogP contribution in [-0.2, 0) is 30.4 Å². The van der Waals surface area contributed by atoms with Crippen LogP contribution in [0.4, 0.5) is 0 Å². The van der Waals surface area contributed by atoms with Gasteiger partial charge in [0.25, 0.3) is 0 Å². The van der Waals surface area contributed by atoms with Crippen LogP contribution in [0, 0.1) is 5.92 Å². The fraction of sp³-hybridized carbons (Fsp3) is 0.556. The highest BCUT2D eigenvalue weighted by molar-refractivity contribution is 5.95. The van der Waals surface area contributed by atoms with Gasteiger partial charge in [0.05, 0.1) is 19.3 Å². The fourth-order valence-corrected chi connectivity index (χ4v) is 2.70. The molecule has 1 aromatic rings. The van der Waals surface area contributed by atoms with E-state index in [0.29, 0.717) is 5.69 Å². The van der Waals surface area contributed by atoms with E-state index in [1.807, 2.05) is 13.8 Å². The molecule has 172 valence electrons. The summed E-state index contributed by atoms with van der Waals surface area (Å²) in [5, 5.41) is 25.4. The number of aromatic nitrogens is 2. The SMILES string of the molecule is CC(C)CC(NC(=O)CN)C(=O)NC(CC(=O)O)C(=O)NC(Cc1cnc[nH]1)C(=O)O. The predicted molar refractivity (Wildman–Crippen MR) is 106 cm³/mol. The number of nitrogens with zero attached hydrogens (tertiary/aromatic N) is 1. The highest BCUT2D eigenvalue weighted by Gasteiger charge is 2.31. The smallest absolute Gasteiger partial charge is 0.326 e. The molecule has 0 saturated heterocycles. The van der Waals surface area contributed by atoms with E-state index < -0.39 is 54.2 Å². The second kappa shape index (κ2) is 12.3. The summed E-state index contributed by atoms with van der Waals surface area (Å²) in [5.41, 5.74) is 5.70. The molecule has 31 heavy (non-hydrogen) atoms. The van der Waals surface area contributed by atoms with Crippen LogP contribution in [0.25, 0.3) is 0 Å². The van der Waals surface area contributed by atoms with Crippen molar-refractivity contribution in [3.05, 3.63) is 18.2 Å². The van der Waals surface area contributed by atoms with Gasteiger partial charge in [-0.05, 0) is 12.3 Å². The van der Waals surface area contributed by atoms with Crippen molar-refractivity contribution >= 4 is 29.7 Å². The van der Waals surface area contributed by atoms with Gasteiger partial charge in [-0.2, -0.15) is 0 Å². The Hall–Kier alpha value is -3.48. The van der Waals surface area contributed by atoms with Crippen molar-refractivity contribution in [2.45, 2.75) is 51.2 Å². The normalized spacial score (nSPS) is 13.7. The predicted octanol–water partition coefficient (Wildman–Crippen LogP) is -2.03. The average molecular weight is 440 g/mol. The van der Waals surface area contributed by atoms with Gasteiger partial charge >= 0.3 is 11.9 Å². The highest BCUT2D eigenvalue weighted by atomic mass is 16.4. The Morgan fingerprint density at radius 3 is 2.13 bits per heavy atom. The number of rotatable bonds is 13. The molecule has 13 nitrogen and oxygen atoms in total. The van der Waals surface area contributed by atoms with E-state index in [0.717, 1.165) is 0 Å². The quantitative estimate of drug-likeness (QED) is 0.180. The first-order valence-corrected chi connectivity index (χ1v) is 9.55. The van der Waals surface area contributed by atoms with Crippen LogP contribution in [0.1, 0.15) is 32.4 Å². The fourth-order valence-electron chi connectivity index (χ4n) is 2.70. The van der Waals surface area contributed by atoms with Crippen molar-refractivity contribution < 1.29 is 34.2 Å². The Morgan fingerprint density at radius 2 is 1.65 bits per heavy atom. The second-order valence-electron chi connectivity index (χ2n) is 7.29. The number of amides is 3. The van der Waals surface area contributed by atoms with Crippen LogP contribution in [0.15, 0.2) is 12.5 Å². The van der Waals surface area contributed by atoms with Gasteiger partial charge in [0.1, 0.15) is 18.1 Å². The Morgan fingerprint density at radius 1 is 1.03 bits per heavy atom. The number of H-pyrrole nitrogens is 1. The molecule has 1 heterocycles. The van der Waals surface area contributed by atoms with Crippen LogP contribution in [0.5, 0.6) is 0 Å². The first-order chi connectivity index (χ1) is 14.5. The molecular weight excluding hydrogens is 412 g/mol. The number of carbonyl (C=O) groups is 5. The van der Waals surface area contributed by atoms with Crippen LogP contribution < -0.4 is 21.7 Å². The largest absolute Gasteiger partial charge is 0.481 e. The van der Waals surface area contributed by atoms with Crippen molar-refractivity contribution in [1.82, 2.24) is 25.9 Å². The summed E-state index contributed by atoms with van der Waals surface area (Å²) >= 11 is 0. The number of carboxylic acid groups (broad SMARTS) is 2. The topological polar surface area (TPSA) is 217 Å². The highest BCUT2D eigenvalue weighted by Crippen LogP contribution is 2.07. The summed E-state index contributed by atoms with van der Waals surface area (Å²) in [4.78, 5) is 66.0. The minimum atomic E-state index is -1.56. The molecule has 1 aromatic heterocycles. The van der Waals surface area contributed by atoms with Gasteiger partial charge in [0.15, 0.2) is 0 Å². The first-order valence-electron chi connectivity index (χ1n) is 9.55. The monoisotopic (exact) mass is 440 g/mol. The standard InChI is InChI=1S/C18H28N6O7/c1-9(2)3-11(22-14(25)6-19)16(28)23-12(5-15(26)27)17(29)24-13(18(30)31)4-10-7-20-8-21-10/h7-9,11-13H,3-6,19H2,1-2H3,(H,20,21)(H,22,25)(H,23,28)(H,24,29)(H,26,27)(H,30,31). The van der Waals surface area contributed by atoms with Gasteiger partial charge in [-0.3, -0.25) is 19.2 Å². The van der Waals surface area contributed by atoms with E-state index in [1.54, 1.807) is 0 Å². The molecule has 3 amide bonds. The van der Waals surface area contributed by atoms with Gasteiger partial charge in [-0.25, -0.2) is 9.78 Å². The van der Waals surface area contributed by atoms with Crippen molar-refractivity contribution in [2.24, 2.45) is 11.7 Å². The van der Waals surface area contributed by atoms with Gasteiger partial charge in [-0.15, -0.1) is 0 Å². The molecule has 0 aliphatic heterocycles. The third-order valence-electron chi connectivity index (χ3n) is 4.15. The van der Waals surface area contributed by atoms with E-state index in [4.69, 9.17) is 10.8 Å². The summed E-state index contributed by atoms with van der Waals surface area (Å²) in [6.45, 7) is 3.27.